The molecular formula is C13H17ClN2O. The summed E-state index contributed by atoms with van der Waals surface area (Å²) >= 11 is 6.15. The molecule has 0 unspecified atom stereocenters. The van der Waals surface area contributed by atoms with Crippen LogP contribution in [0.2, 0.25) is 5.02 Å². The van der Waals surface area contributed by atoms with Crippen molar-refractivity contribution in [1.29, 1.82) is 0 Å². The van der Waals surface area contributed by atoms with Gasteiger partial charge in [-0.25, -0.2) is 0 Å². The lowest BCUT2D eigenvalue weighted by molar-refractivity contribution is -0.159. The summed E-state index contributed by atoms with van der Waals surface area (Å²) in [5.41, 5.74) is 1.40. The number of aliphatic imine (C=N–C) groups is 1. The van der Waals surface area contributed by atoms with Crippen LogP contribution in [0.5, 0.6) is 0 Å². The van der Waals surface area contributed by atoms with Crippen LogP contribution in [-0.4, -0.2) is 21.5 Å². The minimum Gasteiger partial charge on any atom is -0.311 e. The molecule has 1 aromatic carbocycles. The smallest absolute Gasteiger partial charge is 0.152 e. The standard InChI is InChI=1S/C13H17ClN2O/c1-4-11-13(2,3)16(17)12(15-11)9-7-5-6-8-10(9)14/h5-8,12,17H,4H2,1-3H3/t12-/m0/s1. The van der Waals surface area contributed by atoms with Crippen molar-refractivity contribution >= 4 is 17.3 Å². The second-order valence-electron chi connectivity index (χ2n) is 4.73. The first-order chi connectivity index (χ1) is 7.98. The van der Waals surface area contributed by atoms with Crippen molar-refractivity contribution < 1.29 is 5.21 Å². The lowest BCUT2D eigenvalue weighted by Crippen LogP contribution is -2.43. The molecule has 3 nitrogen and oxygen atoms in total. The highest BCUT2D eigenvalue weighted by molar-refractivity contribution is 6.31. The van der Waals surface area contributed by atoms with E-state index in [4.69, 9.17) is 11.6 Å². The van der Waals surface area contributed by atoms with E-state index in [9.17, 15) is 5.21 Å². The van der Waals surface area contributed by atoms with Crippen LogP contribution < -0.4 is 0 Å². The monoisotopic (exact) mass is 252 g/mol. The first kappa shape index (κ1) is 12.6. The minimum atomic E-state index is -0.432. The van der Waals surface area contributed by atoms with Crippen molar-refractivity contribution in [1.82, 2.24) is 5.06 Å². The quantitative estimate of drug-likeness (QED) is 0.872. The molecule has 1 aliphatic rings. The van der Waals surface area contributed by atoms with Gasteiger partial charge in [-0.2, -0.15) is 5.06 Å². The third kappa shape index (κ3) is 1.99. The fourth-order valence-corrected chi connectivity index (χ4v) is 2.44. The van der Waals surface area contributed by atoms with Gasteiger partial charge in [0.1, 0.15) is 0 Å². The number of hydrogen-bond donors (Lipinski definition) is 1. The van der Waals surface area contributed by atoms with Crippen molar-refractivity contribution in [3.05, 3.63) is 34.9 Å². The summed E-state index contributed by atoms with van der Waals surface area (Å²) < 4.78 is 0. The SMILES string of the molecule is CCC1=N[C@H](c2ccccc2Cl)N(O)C1(C)C. The maximum Gasteiger partial charge on any atom is 0.152 e. The van der Waals surface area contributed by atoms with Crippen LogP contribution >= 0.6 is 11.6 Å². The molecule has 1 N–H and O–H groups in total. The van der Waals surface area contributed by atoms with E-state index < -0.39 is 11.7 Å². The minimum absolute atomic E-state index is 0.395. The van der Waals surface area contributed by atoms with Crippen LogP contribution in [0.3, 0.4) is 0 Å². The molecule has 0 aromatic heterocycles. The molecule has 2 rings (SSSR count). The van der Waals surface area contributed by atoms with Gasteiger partial charge >= 0.3 is 0 Å². The van der Waals surface area contributed by atoms with Crippen molar-refractivity contribution in [2.75, 3.05) is 0 Å². The molecule has 0 aliphatic carbocycles. The highest BCUT2D eigenvalue weighted by Gasteiger charge is 2.42. The topological polar surface area (TPSA) is 35.8 Å². The fourth-order valence-electron chi connectivity index (χ4n) is 2.21. The summed E-state index contributed by atoms with van der Waals surface area (Å²) in [6, 6.07) is 7.49. The van der Waals surface area contributed by atoms with Gasteiger partial charge in [0, 0.05) is 16.3 Å². The van der Waals surface area contributed by atoms with Gasteiger partial charge in [-0.1, -0.05) is 36.7 Å². The second kappa shape index (κ2) is 4.41. The molecule has 1 aromatic rings. The Kier molecular flexibility index (Phi) is 3.25. The van der Waals surface area contributed by atoms with Crippen LogP contribution in [0.4, 0.5) is 0 Å². The molecule has 4 heteroatoms. The average molecular weight is 253 g/mol. The van der Waals surface area contributed by atoms with E-state index in [2.05, 4.69) is 4.99 Å². The summed E-state index contributed by atoms with van der Waals surface area (Å²) in [4.78, 5) is 4.58. The van der Waals surface area contributed by atoms with Gasteiger partial charge in [0.05, 0.1) is 5.54 Å². The first-order valence-corrected chi connectivity index (χ1v) is 6.16. The predicted molar refractivity (Wildman–Crippen MR) is 69.6 cm³/mol. The molecule has 0 saturated heterocycles. The third-order valence-corrected chi connectivity index (χ3v) is 3.65. The molecule has 0 amide bonds. The Labute approximate surface area is 107 Å². The maximum absolute atomic E-state index is 10.3. The van der Waals surface area contributed by atoms with Gasteiger partial charge in [-0.3, -0.25) is 4.99 Å². The van der Waals surface area contributed by atoms with E-state index in [0.29, 0.717) is 5.02 Å². The number of hydrogen-bond acceptors (Lipinski definition) is 3. The summed E-state index contributed by atoms with van der Waals surface area (Å²) in [6.45, 7) is 5.97. The highest BCUT2D eigenvalue weighted by Crippen LogP contribution is 2.38. The Hall–Kier alpha value is -0.900. The Morgan fingerprint density at radius 3 is 2.59 bits per heavy atom. The van der Waals surface area contributed by atoms with Crippen molar-refractivity contribution in [3.8, 4) is 0 Å². The molecule has 17 heavy (non-hydrogen) atoms. The molecule has 92 valence electrons. The molecule has 0 fully saturated rings. The molecule has 0 spiro atoms. The van der Waals surface area contributed by atoms with Crippen LogP contribution in [0, 0.1) is 0 Å². The number of nitrogens with zero attached hydrogens (tertiary/aromatic N) is 2. The van der Waals surface area contributed by atoms with E-state index in [-0.39, 0.29) is 0 Å². The first-order valence-electron chi connectivity index (χ1n) is 5.78. The van der Waals surface area contributed by atoms with Gasteiger partial charge in [0.25, 0.3) is 0 Å². The molecule has 0 bridgehead atoms. The van der Waals surface area contributed by atoms with Gasteiger partial charge in [0.2, 0.25) is 0 Å². The highest BCUT2D eigenvalue weighted by atomic mass is 35.5. The lowest BCUT2D eigenvalue weighted by atomic mass is 9.97. The molecule has 1 aliphatic heterocycles. The number of hydroxylamine groups is 2. The largest absolute Gasteiger partial charge is 0.311 e. The van der Waals surface area contributed by atoms with Crippen LogP contribution in [0.25, 0.3) is 0 Å². The molecule has 0 saturated carbocycles. The summed E-state index contributed by atoms with van der Waals surface area (Å²) in [7, 11) is 0. The zero-order valence-corrected chi connectivity index (χ0v) is 11.1. The number of rotatable bonds is 2. The van der Waals surface area contributed by atoms with E-state index in [1.54, 1.807) is 0 Å². The van der Waals surface area contributed by atoms with Gasteiger partial charge in [-0.15, -0.1) is 0 Å². The zero-order chi connectivity index (χ0) is 12.6. The lowest BCUT2D eigenvalue weighted by Gasteiger charge is -2.30. The molecular weight excluding hydrogens is 236 g/mol. The maximum atomic E-state index is 10.3. The summed E-state index contributed by atoms with van der Waals surface area (Å²) in [5.74, 6) is 0. The number of benzene rings is 1. The zero-order valence-electron chi connectivity index (χ0n) is 10.3. The van der Waals surface area contributed by atoms with E-state index in [0.717, 1.165) is 17.7 Å². The van der Waals surface area contributed by atoms with Gasteiger partial charge in [-0.05, 0) is 26.3 Å². The fraction of sp³-hybridized carbons (Fsp3) is 0.462. The third-order valence-electron chi connectivity index (χ3n) is 3.31. The van der Waals surface area contributed by atoms with Crippen LogP contribution in [-0.2, 0) is 0 Å². The van der Waals surface area contributed by atoms with Gasteiger partial charge in [0.15, 0.2) is 6.17 Å². The summed E-state index contributed by atoms with van der Waals surface area (Å²) in [6.07, 6.45) is 0.430. The molecule has 1 atom stereocenters. The molecule has 0 radical (unpaired) electrons. The van der Waals surface area contributed by atoms with E-state index >= 15 is 0 Å². The van der Waals surface area contributed by atoms with Crippen molar-refractivity contribution in [2.45, 2.75) is 38.9 Å². The average Bonchev–Trinajstić information content (AvgIpc) is 2.52. The predicted octanol–water partition coefficient (Wildman–Crippen LogP) is 3.67. The van der Waals surface area contributed by atoms with E-state index in [1.165, 1.54) is 5.06 Å². The Balaban J connectivity index is 2.43. The number of halogens is 1. The van der Waals surface area contributed by atoms with Crippen LogP contribution in [0.1, 0.15) is 38.9 Å². The summed E-state index contributed by atoms with van der Waals surface area (Å²) in [5, 5.41) is 12.2. The Morgan fingerprint density at radius 1 is 1.41 bits per heavy atom. The normalized spacial score (nSPS) is 23.8. The second-order valence-corrected chi connectivity index (χ2v) is 5.14. The van der Waals surface area contributed by atoms with Crippen molar-refractivity contribution in [3.63, 3.8) is 0 Å². The molecule has 1 heterocycles. The van der Waals surface area contributed by atoms with Crippen LogP contribution in [0.15, 0.2) is 29.3 Å². The Morgan fingerprint density at radius 2 is 2.06 bits per heavy atom. The van der Waals surface area contributed by atoms with E-state index in [1.807, 2.05) is 45.0 Å². The Bertz CT molecular complexity index is 456. The van der Waals surface area contributed by atoms with Crippen molar-refractivity contribution in [2.24, 2.45) is 4.99 Å². The van der Waals surface area contributed by atoms with Gasteiger partial charge < -0.3 is 5.21 Å².